The molecule has 2 amide bonds. The number of anilines is 1. The molecule has 1 aliphatic rings. The molecule has 0 bridgehead atoms. The van der Waals surface area contributed by atoms with E-state index in [1.807, 2.05) is 13.8 Å². The predicted octanol–water partition coefficient (Wildman–Crippen LogP) is 5.93. The van der Waals surface area contributed by atoms with Gasteiger partial charge in [0, 0.05) is 24.1 Å². The van der Waals surface area contributed by atoms with Gasteiger partial charge < -0.3 is 28.7 Å². The van der Waals surface area contributed by atoms with Crippen LogP contribution in [0.1, 0.15) is 74.8 Å². The molecular formula is C30H50N2O9Si. The minimum absolute atomic E-state index is 0.00225. The molecule has 238 valence electrons. The summed E-state index contributed by atoms with van der Waals surface area (Å²) < 4.78 is 29.7. The topological polar surface area (TPSA) is 131 Å². The minimum atomic E-state index is -2.14. The Balaban J connectivity index is 2.25. The largest absolute Gasteiger partial charge is 0.460 e. The summed E-state index contributed by atoms with van der Waals surface area (Å²) in [6, 6.07) is 5.17. The maximum Gasteiger partial charge on any atom is 0.431 e. The number of ether oxygens (including phenoxy) is 4. The molecule has 2 N–H and O–H groups in total. The van der Waals surface area contributed by atoms with Crippen molar-refractivity contribution < 1.29 is 42.6 Å². The van der Waals surface area contributed by atoms with E-state index in [0.29, 0.717) is 17.0 Å². The highest BCUT2D eigenvalue weighted by Gasteiger charge is 2.43. The first kappa shape index (κ1) is 35.5. The molecule has 1 fully saturated rings. The molecule has 5 unspecified atom stereocenters. The van der Waals surface area contributed by atoms with Crippen molar-refractivity contribution in [2.75, 3.05) is 11.9 Å². The number of hydroxylamine groups is 1. The van der Waals surface area contributed by atoms with Gasteiger partial charge in [0.25, 0.3) is 5.91 Å². The zero-order valence-electron chi connectivity index (χ0n) is 27.2. The third-order valence-electron chi connectivity index (χ3n) is 7.75. The lowest BCUT2D eigenvalue weighted by molar-refractivity contribution is -0.243. The maximum absolute atomic E-state index is 12.5. The zero-order valence-corrected chi connectivity index (χ0v) is 28.2. The summed E-state index contributed by atoms with van der Waals surface area (Å²) in [5, 5.41) is 2.74. The monoisotopic (exact) mass is 610 g/mol. The Morgan fingerprint density at radius 1 is 1.00 bits per heavy atom. The van der Waals surface area contributed by atoms with E-state index in [-0.39, 0.29) is 29.6 Å². The number of amides is 2. The highest BCUT2D eigenvalue weighted by atomic mass is 28.4. The first-order chi connectivity index (χ1) is 19.2. The van der Waals surface area contributed by atoms with Crippen LogP contribution >= 0.6 is 0 Å². The molecule has 1 aliphatic heterocycles. The van der Waals surface area contributed by atoms with Gasteiger partial charge >= 0.3 is 12.1 Å². The van der Waals surface area contributed by atoms with Crippen LogP contribution < -0.4 is 15.5 Å². The average Bonchev–Trinajstić information content (AvgIpc) is 2.83. The molecule has 1 saturated heterocycles. The molecular weight excluding hydrogens is 560 g/mol. The molecule has 1 heterocycles. The van der Waals surface area contributed by atoms with Gasteiger partial charge in [0.2, 0.25) is 6.29 Å². The second-order valence-electron chi connectivity index (χ2n) is 13.4. The van der Waals surface area contributed by atoms with Crippen LogP contribution in [0.15, 0.2) is 18.2 Å². The standard InChI is InChI=1S/C30H50N2O9Si/c1-18-19(2)26(39-21(4)33)27(38-20(18)3)40-24-14-13-23(15-22(24)16-37-42(11,12)30(8,9)10)31-25(34)17-36-32-28(35)41-29(5,6)7/h13-15,18-20,26-27H,16-17H2,1-12H3,(H,31,34)(H,32,35). The smallest absolute Gasteiger partial charge is 0.431 e. The summed E-state index contributed by atoms with van der Waals surface area (Å²) in [6.07, 6.45) is -2.33. The quantitative estimate of drug-likeness (QED) is 0.188. The molecule has 1 aromatic rings. The van der Waals surface area contributed by atoms with Crippen molar-refractivity contribution in [1.29, 1.82) is 0 Å². The lowest BCUT2D eigenvalue weighted by Crippen LogP contribution is -2.52. The van der Waals surface area contributed by atoms with E-state index in [1.54, 1.807) is 39.0 Å². The Morgan fingerprint density at radius 3 is 2.21 bits per heavy atom. The van der Waals surface area contributed by atoms with Gasteiger partial charge in [-0.15, -0.1) is 0 Å². The molecule has 1 aromatic carbocycles. The van der Waals surface area contributed by atoms with Gasteiger partial charge in [0.15, 0.2) is 21.0 Å². The van der Waals surface area contributed by atoms with Gasteiger partial charge in [-0.25, -0.2) is 4.79 Å². The van der Waals surface area contributed by atoms with Crippen molar-refractivity contribution in [3.05, 3.63) is 23.8 Å². The molecule has 0 aromatic heterocycles. The van der Waals surface area contributed by atoms with Crippen molar-refractivity contribution in [2.24, 2.45) is 11.8 Å². The summed E-state index contributed by atoms with van der Waals surface area (Å²) in [4.78, 5) is 41.2. The molecule has 11 nitrogen and oxygen atoms in total. The van der Waals surface area contributed by atoms with Crippen LogP contribution in [0, 0.1) is 11.8 Å². The lowest BCUT2D eigenvalue weighted by atomic mass is 9.84. The number of hydrogen-bond donors (Lipinski definition) is 2. The van der Waals surface area contributed by atoms with E-state index in [0.717, 1.165) is 0 Å². The van der Waals surface area contributed by atoms with Crippen LogP contribution in [0.4, 0.5) is 10.5 Å². The fourth-order valence-corrected chi connectivity index (χ4v) is 4.93. The van der Waals surface area contributed by atoms with Gasteiger partial charge in [-0.2, -0.15) is 5.48 Å². The highest BCUT2D eigenvalue weighted by molar-refractivity contribution is 6.74. The van der Waals surface area contributed by atoms with Crippen LogP contribution in [0.5, 0.6) is 5.75 Å². The van der Waals surface area contributed by atoms with Crippen LogP contribution in [-0.4, -0.2) is 57.0 Å². The molecule has 0 radical (unpaired) electrons. The average molecular weight is 611 g/mol. The van der Waals surface area contributed by atoms with Crippen LogP contribution in [0.2, 0.25) is 18.1 Å². The van der Waals surface area contributed by atoms with Crippen molar-refractivity contribution in [3.63, 3.8) is 0 Å². The van der Waals surface area contributed by atoms with E-state index >= 15 is 0 Å². The maximum atomic E-state index is 12.5. The second kappa shape index (κ2) is 14.2. The summed E-state index contributed by atoms with van der Waals surface area (Å²) in [6.45, 7) is 23.2. The number of carbonyl (C=O) groups excluding carboxylic acids is 3. The Hall–Kier alpha value is -2.67. The summed E-state index contributed by atoms with van der Waals surface area (Å²) >= 11 is 0. The minimum Gasteiger partial charge on any atom is -0.460 e. The van der Waals surface area contributed by atoms with E-state index in [1.165, 1.54) is 6.92 Å². The molecule has 0 aliphatic carbocycles. The lowest BCUT2D eigenvalue weighted by Gasteiger charge is -2.42. The van der Waals surface area contributed by atoms with E-state index < -0.39 is 50.9 Å². The van der Waals surface area contributed by atoms with Gasteiger partial charge in [0.05, 0.1) is 12.7 Å². The molecule has 2 rings (SSSR count). The van der Waals surface area contributed by atoms with Crippen molar-refractivity contribution in [3.8, 4) is 5.75 Å². The van der Waals surface area contributed by atoms with Crippen LogP contribution in [-0.2, 0) is 39.7 Å². The fraction of sp³-hybridized carbons (Fsp3) is 0.700. The van der Waals surface area contributed by atoms with Crippen LogP contribution in [0.25, 0.3) is 0 Å². The Bertz CT molecular complexity index is 1100. The number of benzene rings is 1. The van der Waals surface area contributed by atoms with Crippen molar-refractivity contribution in [1.82, 2.24) is 5.48 Å². The highest BCUT2D eigenvalue weighted by Crippen LogP contribution is 2.39. The number of nitrogens with one attached hydrogen (secondary N) is 2. The third-order valence-corrected chi connectivity index (χ3v) is 12.2. The van der Waals surface area contributed by atoms with Crippen molar-refractivity contribution in [2.45, 2.75) is 118 Å². The molecule has 0 saturated carbocycles. The Labute approximate surface area is 251 Å². The van der Waals surface area contributed by atoms with E-state index in [4.69, 9.17) is 28.2 Å². The molecule has 12 heteroatoms. The summed E-state index contributed by atoms with van der Waals surface area (Å²) in [7, 11) is -2.14. The number of hydrogen-bond acceptors (Lipinski definition) is 9. The van der Waals surface area contributed by atoms with Gasteiger partial charge in [-0.1, -0.05) is 34.6 Å². The first-order valence-corrected chi connectivity index (χ1v) is 17.3. The van der Waals surface area contributed by atoms with Crippen molar-refractivity contribution >= 4 is 32.0 Å². The third kappa shape index (κ3) is 10.6. The Morgan fingerprint density at radius 2 is 1.64 bits per heavy atom. The van der Waals surface area contributed by atoms with Gasteiger partial charge in [-0.05, 0) is 69.9 Å². The van der Waals surface area contributed by atoms with Crippen LogP contribution in [0.3, 0.4) is 0 Å². The van der Waals surface area contributed by atoms with E-state index in [2.05, 4.69) is 51.6 Å². The second-order valence-corrected chi connectivity index (χ2v) is 18.2. The normalized spacial score (nSPS) is 23.1. The summed E-state index contributed by atoms with van der Waals surface area (Å²) in [5.41, 5.74) is 2.57. The number of rotatable bonds is 10. The fourth-order valence-electron chi connectivity index (χ4n) is 3.98. The molecule has 0 spiro atoms. The molecule has 5 atom stereocenters. The zero-order chi connectivity index (χ0) is 32.0. The molecule has 42 heavy (non-hydrogen) atoms. The summed E-state index contributed by atoms with van der Waals surface area (Å²) in [5.74, 6) is -0.250. The first-order valence-electron chi connectivity index (χ1n) is 14.4. The van der Waals surface area contributed by atoms with Gasteiger partial charge in [0.1, 0.15) is 11.4 Å². The SMILES string of the molecule is CC(=O)OC1C(Oc2ccc(NC(=O)CONC(=O)OC(C)(C)C)cc2CO[Si](C)(C)C(C)(C)C)OC(C)C(C)C1C. The Kier molecular flexibility index (Phi) is 12.0. The van der Waals surface area contributed by atoms with E-state index in [9.17, 15) is 14.4 Å². The predicted molar refractivity (Wildman–Crippen MR) is 161 cm³/mol. The number of esters is 1. The number of carbonyl (C=O) groups is 3. The van der Waals surface area contributed by atoms with Gasteiger partial charge in [-0.3, -0.25) is 14.4 Å².